The summed E-state index contributed by atoms with van der Waals surface area (Å²) in [5.41, 5.74) is 3.02. The first kappa shape index (κ1) is 18.2. The topological polar surface area (TPSA) is 0 Å². The standard InChI is InChI=1S/C14H18S.2C2H6/c1-9(2)12-7-11-5-6-15-14(11)8-13(12)10(3)4;2*1-2/h5-10H,1-4H3;2*1-2H3. The van der Waals surface area contributed by atoms with Gasteiger partial charge in [0.2, 0.25) is 0 Å². The summed E-state index contributed by atoms with van der Waals surface area (Å²) in [7, 11) is 0. The first-order valence-corrected chi connectivity index (χ1v) is 8.48. The monoisotopic (exact) mass is 278 g/mol. The van der Waals surface area contributed by atoms with Crippen molar-refractivity contribution in [1.82, 2.24) is 0 Å². The van der Waals surface area contributed by atoms with Crippen LogP contribution in [0.3, 0.4) is 0 Å². The molecule has 19 heavy (non-hydrogen) atoms. The summed E-state index contributed by atoms with van der Waals surface area (Å²) in [4.78, 5) is 0. The first-order valence-electron chi connectivity index (χ1n) is 7.60. The maximum Gasteiger partial charge on any atom is 0.0345 e. The molecule has 0 radical (unpaired) electrons. The Morgan fingerprint density at radius 3 is 1.74 bits per heavy atom. The Morgan fingerprint density at radius 2 is 1.26 bits per heavy atom. The molecule has 0 aliphatic rings. The Kier molecular flexibility index (Phi) is 8.75. The van der Waals surface area contributed by atoms with Gasteiger partial charge in [0.1, 0.15) is 0 Å². The maximum atomic E-state index is 2.38. The van der Waals surface area contributed by atoms with Crippen LogP contribution in [0, 0.1) is 0 Å². The van der Waals surface area contributed by atoms with E-state index in [1.807, 2.05) is 39.0 Å². The molecule has 1 aromatic carbocycles. The molecule has 0 N–H and O–H groups in total. The molecule has 0 bridgehead atoms. The quantitative estimate of drug-likeness (QED) is 0.545. The minimum absolute atomic E-state index is 0.617. The van der Waals surface area contributed by atoms with E-state index in [1.165, 1.54) is 21.2 Å². The predicted molar refractivity (Wildman–Crippen MR) is 92.7 cm³/mol. The minimum atomic E-state index is 0.617. The molecule has 0 aliphatic heterocycles. The maximum absolute atomic E-state index is 2.38. The number of fused-ring (bicyclic) bond motifs is 1. The minimum Gasteiger partial charge on any atom is -0.144 e. The van der Waals surface area contributed by atoms with E-state index < -0.39 is 0 Å². The lowest BCUT2D eigenvalue weighted by atomic mass is 9.90. The fourth-order valence-electron chi connectivity index (χ4n) is 2.04. The van der Waals surface area contributed by atoms with Crippen LogP contribution in [0.15, 0.2) is 23.6 Å². The highest BCUT2D eigenvalue weighted by molar-refractivity contribution is 7.17. The van der Waals surface area contributed by atoms with E-state index in [9.17, 15) is 0 Å². The van der Waals surface area contributed by atoms with Crippen LogP contribution < -0.4 is 0 Å². The van der Waals surface area contributed by atoms with Crippen LogP contribution in [0.4, 0.5) is 0 Å². The van der Waals surface area contributed by atoms with E-state index in [2.05, 4.69) is 51.3 Å². The van der Waals surface area contributed by atoms with Gasteiger partial charge < -0.3 is 0 Å². The normalized spacial score (nSPS) is 10.0. The van der Waals surface area contributed by atoms with Crippen molar-refractivity contribution in [3.05, 3.63) is 34.7 Å². The highest BCUT2D eigenvalue weighted by atomic mass is 32.1. The van der Waals surface area contributed by atoms with Crippen molar-refractivity contribution < 1.29 is 0 Å². The van der Waals surface area contributed by atoms with Crippen molar-refractivity contribution in [3.63, 3.8) is 0 Å². The van der Waals surface area contributed by atoms with Gasteiger partial charge in [0.05, 0.1) is 0 Å². The van der Waals surface area contributed by atoms with Crippen LogP contribution in [0.5, 0.6) is 0 Å². The molecule has 0 spiro atoms. The molecule has 0 atom stereocenters. The molecule has 0 fully saturated rings. The number of hydrogen-bond acceptors (Lipinski definition) is 1. The van der Waals surface area contributed by atoms with Gasteiger partial charge in [-0.15, -0.1) is 11.3 Å². The van der Waals surface area contributed by atoms with Gasteiger partial charge in [-0.05, 0) is 51.9 Å². The molecule has 1 aromatic heterocycles. The summed E-state index contributed by atoms with van der Waals surface area (Å²) in [6.45, 7) is 17.1. The molecule has 2 rings (SSSR count). The zero-order chi connectivity index (χ0) is 15.0. The van der Waals surface area contributed by atoms with Crippen molar-refractivity contribution in [2.24, 2.45) is 0 Å². The van der Waals surface area contributed by atoms with Crippen LogP contribution >= 0.6 is 11.3 Å². The summed E-state index contributed by atoms with van der Waals surface area (Å²) < 4.78 is 1.42. The van der Waals surface area contributed by atoms with Crippen LogP contribution in [0.1, 0.15) is 78.4 Å². The molecule has 0 amide bonds. The summed E-state index contributed by atoms with van der Waals surface area (Å²) in [5, 5.41) is 3.58. The molecule has 1 heterocycles. The number of benzene rings is 1. The Labute approximate surface area is 123 Å². The summed E-state index contributed by atoms with van der Waals surface area (Å²) in [5.74, 6) is 1.24. The molecule has 0 saturated heterocycles. The largest absolute Gasteiger partial charge is 0.144 e. The van der Waals surface area contributed by atoms with E-state index in [-0.39, 0.29) is 0 Å². The van der Waals surface area contributed by atoms with Crippen LogP contribution in [-0.2, 0) is 0 Å². The Morgan fingerprint density at radius 1 is 0.789 bits per heavy atom. The van der Waals surface area contributed by atoms with E-state index in [0.29, 0.717) is 11.8 Å². The van der Waals surface area contributed by atoms with Crippen LogP contribution in [-0.4, -0.2) is 0 Å². The zero-order valence-electron chi connectivity index (χ0n) is 13.9. The Bertz CT molecular complexity index is 421. The van der Waals surface area contributed by atoms with Gasteiger partial charge in [0.15, 0.2) is 0 Å². The van der Waals surface area contributed by atoms with E-state index in [4.69, 9.17) is 0 Å². The zero-order valence-corrected chi connectivity index (χ0v) is 14.7. The lowest BCUT2D eigenvalue weighted by Crippen LogP contribution is -1.97. The first-order chi connectivity index (χ1) is 9.09. The second-order valence-electron chi connectivity index (χ2n) is 4.75. The molecular formula is C18H30S. The lowest BCUT2D eigenvalue weighted by Gasteiger charge is -2.16. The van der Waals surface area contributed by atoms with Crippen molar-refractivity contribution in [1.29, 1.82) is 0 Å². The number of hydrogen-bond donors (Lipinski definition) is 0. The van der Waals surface area contributed by atoms with Crippen molar-refractivity contribution >= 4 is 21.4 Å². The molecule has 1 heteroatoms. The smallest absolute Gasteiger partial charge is 0.0345 e. The van der Waals surface area contributed by atoms with Crippen molar-refractivity contribution in [2.75, 3.05) is 0 Å². The molecule has 2 aromatic rings. The highest BCUT2D eigenvalue weighted by Gasteiger charge is 2.11. The molecule has 0 nitrogen and oxygen atoms in total. The molecule has 108 valence electrons. The summed E-state index contributed by atoms with van der Waals surface area (Å²) >= 11 is 1.84. The van der Waals surface area contributed by atoms with Crippen molar-refractivity contribution in [2.45, 2.75) is 67.2 Å². The molecule has 0 aliphatic carbocycles. The van der Waals surface area contributed by atoms with Gasteiger partial charge in [0.25, 0.3) is 0 Å². The number of rotatable bonds is 2. The molecule has 0 saturated carbocycles. The third kappa shape index (κ3) is 4.65. The van der Waals surface area contributed by atoms with Gasteiger partial charge in [-0.2, -0.15) is 0 Å². The summed E-state index contributed by atoms with van der Waals surface area (Å²) in [6, 6.07) is 6.96. The van der Waals surface area contributed by atoms with E-state index >= 15 is 0 Å². The SMILES string of the molecule is CC.CC.CC(C)c1cc2ccsc2cc1C(C)C. The van der Waals surface area contributed by atoms with Gasteiger partial charge in [-0.25, -0.2) is 0 Å². The average molecular weight is 279 g/mol. The fraction of sp³-hybridized carbons (Fsp3) is 0.556. The van der Waals surface area contributed by atoms with Gasteiger partial charge >= 0.3 is 0 Å². The van der Waals surface area contributed by atoms with E-state index in [1.54, 1.807) is 0 Å². The molecule has 0 unspecified atom stereocenters. The van der Waals surface area contributed by atoms with Crippen LogP contribution in [0.25, 0.3) is 10.1 Å². The van der Waals surface area contributed by atoms with Crippen molar-refractivity contribution in [3.8, 4) is 0 Å². The van der Waals surface area contributed by atoms with Gasteiger partial charge in [0, 0.05) is 4.70 Å². The Hall–Kier alpha value is -0.820. The predicted octanol–water partition coefficient (Wildman–Crippen LogP) is 7.20. The van der Waals surface area contributed by atoms with Crippen LogP contribution in [0.2, 0.25) is 0 Å². The summed E-state index contributed by atoms with van der Waals surface area (Å²) in [6.07, 6.45) is 0. The Balaban J connectivity index is 0.000000741. The lowest BCUT2D eigenvalue weighted by molar-refractivity contribution is 0.793. The van der Waals surface area contributed by atoms with Gasteiger partial charge in [-0.1, -0.05) is 55.4 Å². The van der Waals surface area contributed by atoms with E-state index in [0.717, 1.165) is 0 Å². The second-order valence-corrected chi connectivity index (χ2v) is 5.70. The third-order valence-electron chi connectivity index (χ3n) is 2.90. The average Bonchev–Trinajstić information content (AvgIpc) is 2.89. The number of thiophene rings is 1. The molecular weight excluding hydrogens is 248 g/mol. The fourth-order valence-corrected chi connectivity index (χ4v) is 2.86. The van der Waals surface area contributed by atoms with Gasteiger partial charge in [-0.3, -0.25) is 0 Å². The second kappa shape index (κ2) is 9.14. The highest BCUT2D eigenvalue weighted by Crippen LogP contribution is 2.32. The third-order valence-corrected chi connectivity index (χ3v) is 3.78.